The highest BCUT2D eigenvalue weighted by atomic mass is 35.5. The Balaban J connectivity index is 1.94. The van der Waals surface area contributed by atoms with E-state index in [4.69, 9.17) is 16.3 Å². The predicted molar refractivity (Wildman–Crippen MR) is 77.9 cm³/mol. The summed E-state index contributed by atoms with van der Waals surface area (Å²) in [6, 6.07) is 7.02. The van der Waals surface area contributed by atoms with Crippen LogP contribution in [-0.2, 0) is 4.79 Å². The second-order valence-electron chi connectivity index (χ2n) is 5.19. The number of piperidine rings is 1. The number of hydrogen-bond donors (Lipinski definition) is 1. The van der Waals surface area contributed by atoms with Crippen molar-refractivity contribution in [3.8, 4) is 5.75 Å². The molecule has 1 N–H and O–H groups in total. The van der Waals surface area contributed by atoms with Gasteiger partial charge in [-0.25, -0.2) is 0 Å². The van der Waals surface area contributed by atoms with Gasteiger partial charge in [0.25, 0.3) is 5.91 Å². The molecule has 2 rings (SSSR count). The van der Waals surface area contributed by atoms with Crippen LogP contribution in [-0.4, -0.2) is 41.7 Å². The molecule has 5 heteroatoms. The van der Waals surface area contributed by atoms with E-state index < -0.39 is 6.10 Å². The molecule has 1 aliphatic heterocycles. The number of rotatable bonds is 4. The number of hydrogen-bond acceptors (Lipinski definition) is 3. The Morgan fingerprint density at radius 2 is 2.40 bits per heavy atom. The van der Waals surface area contributed by atoms with E-state index >= 15 is 0 Å². The van der Waals surface area contributed by atoms with Crippen molar-refractivity contribution in [2.24, 2.45) is 5.92 Å². The van der Waals surface area contributed by atoms with E-state index in [9.17, 15) is 9.90 Å². The van der Waals surface area contributed by atoms with Gasteiger partial charge in [0.1, 0.15) is 5.75 Å². The topological polar surface area (TPSA) is 49.8 Å². The Morgan fingerprint density at radius 1 is 1.60 bits per heavy atom. The number of ether oxygens (including phenoxy) is 1. The predicted octanol–water partition coefficient (Wildman–Crippen LogP) is 2.34. The van der Waals surface area contributed by atoms with Crippen molar-refractivity contribution in [1.82, 2.24) is 4.90 Å². The van der Waals surface area contributed by atoms with Crippen LogP contribution in [0.25, 0.3) is 0 Å². The molecule has 0 aliphatic carbocycles. The third-order valence-electron chi connectivity index (χ3n) is 3.55. The molecule has 0 spiro atoms. The van der Waals surface area contributed by atoms with Crippen molar-refractivity contribution < 1.29 is 14.6 Å². The van der Waals surface area contributed by atoms with Crippen LogP contribution in [0, 0.1) is 5.92 Å². The van der Waals surface area contributed by atoms with E-state index in [1.54, 1.807) is 36.1 Å². The zero-order chi connectivity index (χ0) is 14.5. The zero-order valence-electron chi connectivity index (χ0n) is 11.6. The lowest BCUT2D eigenvalue weighted by Crippen LogP contribution is -2.46. The molecule has 2 atom stereocenters. The monoisotopic (exact) mass is 297 g/mol. The molecule has 1 aromatic carbocycles. The first-order valence-corrected chi connectivity index (χ1v) is 7.30. The van der Waals surface area contributed by atoms with Crippen molar-refractivity contribution in [2.45, 2.75) is 25.9 Å². The van der Waals surface area contributed by atoms with Gasteiger partial charge in [-0.15, -0.1) is 0 Å². The van der Waals surface area contributed by atoms with Gasteiger partial charge < -0.3 is 14.7 Å². The summed E-state index contributed by atoms with van der Waals surface area (Å²) < 4.78 is 5.64. The molecule has 0 bridgehead atoms. The number of likely N-dealkylation sites (tertiary alicyclic amines) is 1. The lowest BCUT2D eigenvalue weighted by molar-refractivity contribution is -0.140. The van der Waals surface area contributed by atoms with Crippen molar-refractivity contribution in [3.05, 3.63) is 29.3 Å². The normalized spacial score (nSPS) is 20.6. The molecule has 0 aromatic heterocycles. The molecule has 4 nitrogen and oxygen atoms in total. The molecule has 0 radical (unpaired) electrons. The molecule has 0 saturated carbocycles. The second kappa shape index (κ2) is 6.95. The summed E-state index contributed by atoms with van der Waals surface area (Å²) in [5.74, 6) is 0.739. The van der Waals surface area contributed by atoms with Crippen LogP contribution in [0.1, 0.15) is 19.8 Å². The van der Waals surface area contributed by atoms with Gasteiger partial charge in [-0.2, -0.15) is 0 Å². The first-order chi connectivity index (χ1) is 9.60. The van der Waals surface area contributed by atoms with Gasteiger partial charge in [-0.05, 0) is 43.9 Å². The van der Waals surface area contributed by atoms with Crippen molar-refractivity contribution in [2.75, 3.05) is 19.7 Å². The Labute approximate surface area is 124 Å². The summed E-state index contributed by atoms with van der Waals surface area (Å²) in [5, 5.41) is 9.79. The fourth-order valence-corrected chi connectivity index (χ4v) is 2.65. The van der Waals surface area contributed by atoms with Crippen LogP contribution in [0.2, 0.25) is 5.02 Å². The van der Waals surface area contributed by atoms with Crippen LogP contribution in [0.4, 0.5) is 0 Å². The van der Waals surface area contributed by atoms with Gasteiger partial charge >= 0.3 is 0 Å². The first kappa shape index (κ1) is 15.1. The average Bonchev–Trinajstić information content (AvgIpc) is 2.46. The maximum absolute atomic E-state index is 12.3. The molecule has 1 aromatic rings. The number of aliphatic hydroxyl groups is 1. The van der Waals surface area contributed by atoms with E-state index in [0.29, 0.717) is 17.3 Å². The highest BCUT2D eigenvalue weighted by molar-refractivity contribution is 6.30. The fourth-order valence-electron chi connectivity index (χ4n) is 2.47. The number of benzene rings is 1. The fraction of sp³-hybridized carbons (Fsp3) is 0.533. The van der Waals surface area contributed by atoms with E-state index in [0.717, 1.165) is 19.4 Å². The minimum atomic E-state index is -0.550. The van der Waals surface area contributed by atoms with Gasteiger partial charge in [-0.1, -0.05) is 17.7 Å². The number of nitrogens with zero attached hydrogens (tertiary/aromatic N) is 1. The van der Waals surface area contributed by atoms with Gasteiger partial charge in [0.15, 0.2) is 6.10 Å². The van der Waals surface area contributed by atoms with Gasteiger partial charge in [0.05, 0.1) is 0 Å². The number of aliphatic hydroxyl groups excluding tert-OH is 1. The van der Waals surface area contributed by atoms with Crippen LogP contribution in [0.3, 0.4) is 0 Å². The quantitative estimate of drug-likeness (QED) is 0.928. The lowest BCUT2D eigenvalue weighted by Gasteiger charge is -2.33. The Hall–Kier alpha value is -1.26. The molecule has 1 amide bonds. The maximum Gasteiger partial charge on any atom is 0.263 e. The molecule has 1 fully saturated rings. The third kappa shape index (κ3) is 3.87. The summed E-state index contributed by atoms with van der Waals surface area (Å²) >= 11 is 5.89. The molecule has 20 heavy (non-hydrogen) atoms. The molecule has 1 heterocycles. The van der Waals surface area contributed by atoms with Crippen LogP contribution in [0.15, 0.2) is 24.3 Å². The van der Waals surface area contributed by atoms with Crippen LogP contribution >= 0.6 is 11.6 Å². The summed E-state index contributed by atoms with van der Waals surface area (Å²) in [5.41, 5.74) is 0. The van der Waals surface area contributed by atoms with Gasteiger partial charge in [0, 0.05) is 24.7 Å². The molecule has 110 valence electrons. The van der Waals surface area contributed by atoms with E-state index in [2.05, 4.69) is 0 Å². The number of halogens is 1. The Bertz CT molecular complexity index is 466. The van der Waals surface area contributed by atoms with Gasteiger partial charge in [0.2, 0.25) is 0 Å². The van der Waals surface area contributed by atoms with E-state index in [1.165, 1.54) is 0 Å². The van der Waals surface area contributed by atoms with E-state index in [-0.39, 0.29) is 18.4 Å². The number of amides is 1. The van der Waals surface area contributed by atoms with Crippen molar-refractivity contribution in [3.63, 3.8) is 0 Å². The highest BCUT2D eigenvalue weighted by Crippen LogP contribution is 2.20. The maximum atomic E-state index is 12.3. The first-order valence-electron chi connectivity index (χ1n) is 6.92. The standard InChI is InChI=1S/C15H20ClNO3/c1-11(20-14-6-2-5-13(16)8-14)15(19)17-7-3-4-12(9-17)10-18/h2,5-6,8,11-12,18H,3-4,7,9-10H2,1H3. The van der Waals surface area contributed by atoms with Gasteiger partial charge in [-0.3, -0.25) is 4.79 Å². The summed E-state index contributed by atoms with van der Waals surface area (Å²) in [4.78, 5) is 14.1. The lowest BCUT2D eigenvalue weighted by atomic mass is 9.99. The van der Waals surface area contributed by atoms with Crippen molar-refractivity contribution >= 4 is 17.5 Å². The highest BCUT2D eigenvalue weighted by Gasteiger charge is 2.27. The Morgan fingerprint density at radius 3 is 3.10 bits per heavy atom. The largest absolute Gasteiger partial charge is 0.481 e. The smallest absolute Gasteiger partial charge is 0.263 e. The minimum absolute atomic E-state index is 0.0388. The minimum Gasteiger partial charge on any atom is -0.481 e. The summed E-state index contributed by atoms with van der Waals surface area (Å²) in [6.07, 6.45) is 1.36. The zero-order valence-corrected chi connectivity index (χ0v) is 12.3. The molecule has 1 saturated heterocycles. The Kier molecular flexibility index (Phi) is 5.26. The number of carbonyl (C=O) groups is 1. The second-order valence-corrected chi connectivity index (χ2v) is 5.63. The molecular formula is C15H20ClNO3. The van der Waals surface area contributed by atoms with Crippen molar-refractivity contribution in [1.29, 1.82) is 0 Å². The summed E-state index contributed by atoms with van der Waals surface area (Å²) in [7, 11) is 0. The molecule has 2 unspecified atom stereocenters. The third-order valence-corrected chi connectivity index (χ3v) is 3.78. The van der Waals surface area contributed by atoms with Crippen LogP contribution < -0.4 is 4.74 Å². The average molecular weight is 298 g/mol. The van der Waals surface area contributed by atoms with E-state index in [1.807, 2.05) is 0 Å². The number of carbonyl (C=O) groups excluding carboxylic acids is 1. The SMILES string of the molecule is CC(Oc1cccc(Cl)c1)C(=O)N1CCCC(CO)C1. The summed E-state index contributed by atoms with van der Waals surface area (Å²) in [6.45, 7) is 3.22. The molecular weight excluding hydrogens is 278 g/mol. The molecule has 1 aliphatic rings. The van der Waals surface area contributed by atoms with Crippen LogP contribution in [0.5, 0.6) is 5.75 Å².